The van der Waals surface area contributed by atoms with E-state index >= 15 is 0 Å². The zero-order chi connectivity index (χ0) is 13.5. The fourth-order valence-electron chi connectivity index (χ4n) is 2.63. The molecular formula is C15H27N3O. The van der Waals surface area contributed by atoms with E-state index in [1.54, 1.807) is 0 Å². The number of rotatable bonds is 8. The molecule has 1 aliphatic rings. The number of hydrogen-bond acceptors (Lipinski definition) is 3. The van der Waals surface area contributed by atoms with E-state index in [4.69, 9.17) is 9.72 Å². The predicted molar refractivity (Wildman–Crippen MR) is 77.4 cm³/mol. The topological polar surface area (TPSA) is 39.1 Å². The molecule has 1 N–H and O–H groups in total. The minimum absolute atomic E-state index is 0.869. The normalized spacial score (nSPS) is 14.6. The highest BCUT2D eigenvalue weighted by atomic mass is 16.5. The van der Waals surface area contributed by atoms with Crippen molar-refractivity contribution in [1.29, 1.82) is 0 Å². The van der Waals surface area contributed by atoms with Crippen molar-refractivity contribution >= 4 is 0 Å². The largest absolute Gasteiger partial charge is 0.381 e. The van der Waals surface area contributed by atoms with Crippen molar-refractivity contribution in [1.82, 2.24) is 14.9 Å². The van der Waals surface area contributed by atoms with Crippen molar-refractivity contribution in [3.8, 4) is 0 Å². The van der Waals surface area contributed by atoms with Crippen molar-refractivity contribution < 1.29 is 4.74 Å². The Morgan fingerprint density at radius 1 is 1.26 bits per heavy atom. The fraction of sp³-hybridized carbons (Fsp3) is 0.800. The molecule has 0 aromatic carbocycles. The third-order valence-corrected chi connectivity index (χ3v) is 3.69. The standard InChI is InChI=1S/C15H27N3O/c1-3-5-10-19-11-6-9-18-14-7-8-16-12-13(14)17-15(18)4-2/h16H,3-12H2,1-2H3. The van der Waals surface area contributed by atoms with Gasteiger partial charge in [0.25, 0.3) is 0 Å². The monoisotopic (exact) mass is 265 g/mol. The first-order chi connectivity index (χ1) is 9.36. The molecule has 0 atom stereocenters. The Balaban J connectivity index is 1.86. The van der Waals surface area contributed by atoms with E-state index in [1.807, 2.05) is 0 Å². The molecule has 0 radical (unpaired) electrons. The highest BCUT2D eigenvalue weighted by Gasteiger charge is 2.18. The van der Waals surface area contributed by atoms with Crippen molar-refractivity contribution in [3.63, 3.8) is 0 Å². The summed E-state index contributed by atoms with van der Waals surface area (Å²) < 4.78 is 8.07. The van der Waals surface area contributed by atoms with Gasteiger partial charge >= 0.3 is 0 Å². The number of nitrogens with one attached hydrogen (secondary N) is 1. The average molecular weight is 265 g/mol. The van der Waals surface area contributed by atoms with Gasteiger partial charge in [0.2, 0.25) is 0 Å². The number of hydrogen-bond donors (Lipinski definition) is 1. The minimum Gasteiger partial charge on any atom is -0.381 e. The molecular weight excluding hydrogens is 238 g/mol. The molecule has 2 rings (SSSR count). The van der Waals surface area contributed by atoms with E-state index in [2.05, 4.69) is 23.7 Å². The lowest BCUT2D eigenvalue weighted by Gasteiger charge is -2.16. The van der Waals surface area contributed by atoms with E-state index < -0.39 is 0 Å². The molecule has 0 amide bonds. The molecule has 0 fully saturated rings. The molecule has 1 aromatic heterocycles. The molecule has 0 unspecified atom stereocenters. The smallest absolute Gasteiger partial charge is 0.108 e. The Kier molecular flexibility index (Phi) is 5.86. The Morgan fingerprint density at radius 3 is 2.89 bits per heavy atom. The number of imidazole rings is 1. The van der Waals surface area contributed by atoms with Gasteiger partial charge in [-0.05, 0) is 12.8 Å². The number of unbranched alkanes of at least 4 members (excludes halogenated alkanes) is 1. The van der Waals surface area contributed by atoms with E-state index in [9.17, 15) is 0 Å². The van der Waals surface area contributed by atoms with Gasteiger partial charge in [0.15, 0.2) is 0 Å². The zero-order valence-corrected chi connectivity index (χ0v) is 12.4. The maximum atomic E-state index is 5.64. The van der Waals surface area contributed by atoms with E-state index in [-0.39, 0.29) is 0 Å². The van der Waals surface area contributed by atoms with Crippen molar-refractivity contribution in [3.05, 3.63) is 17.2 Å². The van der Waals surface area contributed by atoms with Crippen molar-refractivity contribution in [2.45, 2.75) is 59.0 Å². The molecule has 0 bridgehead atoms. The number of fused-ring (bicyclic) bond motifs is 1. The van der Waals surface area contributed by atoms with Gasteiger partial charge < -0.3 is 14.6 Å². The molecule has 108 valence electrons. The van der Waals surface area contributed by atoms with Crippen LogP contribution in [0, 0.1) is 0 Å². The molecule has 4 heteroatoms. The molecule has 0 saturated heterocycles. The van der Waals surface area contributed by atoms with Gasteiger partial charge in [-0.25, -0.2) is 4.98 Å². The molecule has 0 aliphatic carbocycles. The van der Waals surface area contributed by atoms with Crippen molar-refractivity contribution in [2.24, 2.45) is 0 Å². The molecule has 1 aromatic rings. The summed E-state index contributed by atoms with van der Waals surface area (Å²) in [5.74, 6) is 1.24. The van der Waals surface area contributed by atoms with E-state index in [0.29, 0.717) is 0 Å². The lowest BCUT2D eigenvalue weighted by molar-refractivity contribution is 0.125. The Bertz CT molecular complexity index is 387. The van der Waals surface area contributed by atoms with Gasteiger partial charge in [-0.3, -0.25) is 0 Å². The number of aryl methyl sites for hydroxylation is 1. The molecule has 19 heavy (non-hydrogen) atoms. The van der Waals surface area contributed by atoms with Crippen LogP contribution in [-0.4, -0.2) is 29.3 Å². The van der Waals surface area contributed by atoms with Crippen LogP contribution in [0.1, 0.15) is 50.3 Å². The third-order valence-electron chi connectivity index (χ3n) is 3.69. The predicted octanol–water partition coefficient (Wildman–Crippen LogP) is 2.30. The molecule has 1 aliphatic heterocycles. The zero-order valence-electron chi connectivity index (χ0n) is 12.4. The molecule has 0 saturated carbocycles. The third kappa shape index (κ3) is 3.80. The minimum atomic E-state index is 0.869. The number of nitrogens with zero attached hydrogens (tertiary/aromatic N) is 2. The van der Waals surface area contributed by atoms with Gasteiger partial charge in [-0.2, -0.15) is 0 Å². The number of ether oxygens (including phenoxy) is 1. The summed E-state index contributed by atoms with van der Waals surface area (Å²) in [6.45, 7) is 9.23. The first-order valence-corrected chi connectivity index (χ1v) is 7.72. The van der Waals surface area contributed by atoms with Crippen LogP contribution < -0.4 is 5.32 Å². The lowest BCUT2D eigenvalue weighted by atomic mass is 10.2. The van der Waals surface area contributed by atoms with Crippen LogP contribution in [-0.2, 0) is 30.7 Å². The second-order valence-electron chi connectivity index (χ2n) is 5.17. The van der Waals surface area contributed by atoms with Crippen LogP contribution in [0.3, 0.4) is 0 Å². The quantitative estimate of drug-likeness (QED) is 0.733. The molecule has 4 nitrogen and oxygen atoms in total. The van der Waals surface area contributed by atoms with Gasteiger partial charge in [-0.1, -0.05) is 20.3 Å². The maximum absolute atomic E-state index is 5.64. The lowest BCUT2D eigenvalue weighted by Crippen LogP contribution is -2.25. The first kappa shape index (κ1) is 14.5. The summed E-state index contributed by atoms with van der Waals surface area (Å²) in [6.07, 6.45) is 5.60. The summed E-state index contributed by atoms with van der Waals surface area (Å²) >= 11 is 0. The summed E-state index contributed by atoms with van der Waals surface area (Å²) in [5, 5.41) is 3.40. The summed E-state index contributed by atoms with van der Waals surface area (Å²) in [5.41, 5.74) is 2.71. The summed E-state index contributed by atoms with van der Waals surface area (Å²) in [6, 6.07) is 0. The average Bonchev–Trinajstić information content (AvgIpc) is 2.81. The van der Waals surface area contributed by atoms with Gasteiger partial charge in [0.05, 0.1) is 5.69 Å². The van der Waals surface area contributed by atoms with Crippen molar-refractivity contribution in [2.75, 3.05) is 19.8 Å². The van der Waals surface area contributed by atoms with Gasteiger partial charge in [-0.15, -0.1) is 0 Å². The van der Waals surface area contributed by atoms with Crippen LogP contribution in [0.25, 0.3) is 0 Å². The highest BCUT2D eigenvalue weighted by Crippen LogP contribution is 2.17. The van der Waals surface area contributed by atoms with Gasteiger partial charge in [0, 0.05) is 51.4 Å². The Morgan fingerprint density at radius 2 is 2.11 bits per heavy atom. The van der Waals surface area contributed by atoms with Crippen LogP contribution in [0.5, 0.6) is 0 Å². The second kappa shape index (κ2) is 7.65. The van der Waals surface area contributed by atoms with Gasteiger partial charge in [0.1, 0.15) is 5.82 Å². The van der Waals surface area contributed by atoms with Crippen LogP contribution >= 0.6 is 0 Å². The highest BCUT2D eigenvalue weighted by molar-refractivity contribution is 5.20. The first-order valence-electron chi connectivity index (χ1n) is 7.72. The van der Waals surface area contributed by atoms with E-state index in [0.717, 1.165) is 52.1 Å². The maximum Gasteiger partial charge on any atom is 0.108 e. The fourth-order valence-corrected chi connectivity index (χ4v) is 2.63. The SMILES string of the molecule is CCCCOCCCn1c(CC)nc2c1CCNC2. The molecule has 2 heterocycles. The summed E-state index contributed by atoms with van der Waals surface area (Å²) in [7, 11) is 0. The van der Waals surface area contributed by atoms with Crippen LogP contribution in [0.15, 0.2) is 0 Å². The Labute approximate surface area is 116 Å². The molecule has 0 spiro atoms. The summed E-state index contributed by atoms with van der Waals surface area (Å²) in [4.78, 5) is 4.76. The Hall–Kier alpha value is -0.870. The number of aromatic nitrogens is 2. The van der Waals surface area contributed by atoms with Crippen LogP contribution in [0.2, 0.25) is 0 Å². The second-order valence-corrected chi connectivity index (χ2v) is 5.17. The van der Waals surface area contributed by atoms with E-state index in [1.165, 1.54) is 30.1 Å². The van der Waals surface area contributed by atoms with Crippen LogP contribution in [0.4, 0.5) is 0 Å².